The van der Waals surface area contributed by atoms with Gasteiger partial charge in [0.1, 0.15) is 11.1 Å². The lowest BCUT2D eigenvalue weighted by atomic mass is 10.0. The van der Waals surface area contributed by atoms with Gasteiger partial charge in [-0.1, -0.05) is 6.92 Å². The van der Waals surface area contributed by atoms with Gasteiger partial charge >= 0.3 is 6.09 Å². The first-order chi connectivity index (χ1) is 11.3. The molecule has 1 aliphatic rings. The van der Waals surface area contributed by atoms with Crippen molar-refractivity contribution < 1.29 is 13.9 Å². The number of aromatic nitrogens is 1. The number of amides is 1. The molecule has 1 amide bonds. The van der Waals surface area contributed by atoms with Gasteiger partial charge in [0.15, 0.2) is 11.5 Å². The van der Waals surface area contributed by atoms with Crippen molar-refractivity contribution in [3.63, 3.8) is 0 Å². The highest BCUT2D eigenvalue weighted by Crippen LogP contribution is 2.33. The Morgan fingerprint density at radius 2 is 2.08 bits per heavy atom. The summed E-state index contributed by atoms with van der Waals surface area (Å²) in [5.74, 6) is 0.751. The Hall–Kier alpha value is -1.56. The molecular formula is C18H23BrN2O3. The van der Waals surface area contributed by atoms with Crippen molar-refractivity contribution in [1.82, 2.24) is 9.88 Å². The van der Waals surface area contributed by atoms with Gasteiger partial charge in [-0.25, -0.2) is 9.78 Å². The van der Waals surface area contributed by atoms with Gasteiger partial charge in [-0.05, 0) is 66.7 Å². The molecule has 2 heterocycles. The molecule has 1 aromatic heterocycles. The molecule has 0 unspecified atom stereocenters. The Bertz CT molecular complexity index is 777. The Labute approximate surface area is 150 Å². The molecule has 1 aliphatic heterocycles. The molecule has 0 saturated carbocycles. The van der Waals surface area contributed by atoms with Gasteiger partial charge in [0, 0.05) is 19.5 Å². The molecule has 1 aromatic carbocycles. The molecule has 6 heteroatoms. The fourth-order valence-corrected chi connectivity index (χ4v) is 3.67. The van der Waals surface area contributed by atoms with Gasteiger partial charge in [-0.3, -0.25) is 0 Å². The fourth-order valence-electron chi connectivity index (χ4n) is 2.93. The molecule has 0 radical (unpaired) electrons. The van der Waals surface area contributed by atoms with E-state index >= 15 is 0 Å². The molecule has 0 saturated heterocycles. The minimum Gasteiger partial charge on any atom is -0.444 e. The van der Waals surface area contributed by atoms with Crippen molar-refractivity contribution in [3.05, 3.63) is 27.6 Å². The molecule has 130 valence electrons. The summed E-state index contributed by atoms with van der Waals surface area (Å²) >= 11 is 3.68. The zero-order valence-corrected chi connectivity index (χ0v) is 16.2. The summed E-state index contributed by atoms with van der Waals surface area (Å²) in [5, 5.41) is 0. The van der Waals surface area contributed by atoms with Crippen molar-refractivity contribution in [1.29, 1.82) is 0 Å². The van der Waals surface area contributed by atoms with Crippen LogP contribution >= 0.6 is 15.9 Å². The minimum atomic E-state index is -0.475. The second-order valence-corrected chi connectivity index (χ2v) is 7.90. The van der Waals surface area contributed by atoms with Gasteiger partial charge in [0.05, 0.1) is 4.47 Å². The summed E-state index contributed by atoms with van der Waals surface area (Å²) in [7, 11) is 0. The highest BCUT2D eigenvalue weighted by atomic mass is 79.9. The SMILES string of the molecule is CCc1nc2cc3c(c(Br)c2o1)CCN(C(=O)OC(C)(C)C)CC3. The summed E-state index contributed by atoms with van der Waals surface area (Å²) in [6.07, 6.45) is 2.09. The maximum absolute atomic E-state index is 12.3. The van der Waals surface area contributed by atoms with Crippen molar-refractivity contribution in [2.24, 2.45) is 0 Å². The monoisotopic (exact) mass is 394 g/mol. The van der Waals surface area contributed by atoms with Crippen LogP contribution in [0, 0.1) is 0 Å². The highest BCUT2D eigenvalue weighted by Gasteiger charge is 2.26. The van der Waals surface area contributed by atoms with Crippen LogP contribution in [-0.2, 0) is 24.0 Å². The van der Waals surface area contributed by atoms with Crippen LogP contribution in [0.25, 0.3) is 11.1 Å². The maximum atomic E-state index is 12.3. The third kappa shape index (κ3) is 3.43. The second kappa shape index (κ2) is 6.39. The lowest BCUT2D eigenvalue weighted by molar-refractivity contribution is 0.0258. The number of ether oxygens (including phenoxy) is 1. The maximum Gasteiger partial charge on any atom is 0.410 e. The topological polar surface area (TPSA) is 55.6 Å². The predicted molar refractivity (Wildman–Crippen MR) is 96.3 cm³/mol. The molecule has 0 aliphatic carbocycles. The Kier molecular flexibility index (Phi) is 4.60. The lowest BCUT2D eigenvalue weighted by Gasteiger charge is -2.26. The molecule has 0 fully saturated rings. The predicted octanol–water partition coefficient (Wildman–Crippen LogP) is 4.49. The number of carbonyl (C=O) groups excluding carboxylic acids is 1. The standard InChI is InChI=1S/C18H23BrN2O3/c1-5-14-20-13-10-11-6-8-21(17(22)24-18(2,3)4)9-7-12(11)15(19)16(13)23-14/h10H,5-9H2,1-4H3. The van der Waals surface area contributed by atoms with Gasteiger partial charge in [0.2, 0.25) is 0 Å². The van der Waals surface area contributed by atoms with Crippen LogP contribution in [0.4, 0.5) is 4.79 Å². The Morgan fingerprint density at radius 3 is 2.75 bits per heavy atom. The van der Waals surface area contributed by atoms with E-state index in [2.05, 4.69) is 27.0 Å². The molecule has 0 N–H and O–H groups in total. The zero-order valence-electron chi connectivity index (χ0n) is 14.6. The van der Waals surface area contributed by atoms with E-state index < -0.39 is 5.60 Å². The van der Waals surface area contributed by atoms with E-state index in [9.17, 15) is 4.79 Å². The number of carbonyl (C=O) groups is 1. The van der Waals surface area contributed by atoms with E-state index in [4.69, 9.17) is 9.15 Å². The quantitative estimate of drug-likeness (QED) is 0.714. The summed E-state index contributed by atoms with van der Waals surface area (Å²) in [5.41, 5.74) is 3.63. The van der Waals surface area contributed by atoms with E-state index in [-0.39, 0.29) is 6.09 Å². The largest absolute Gasteiger partial charge is 0.444 e. The second-order valence-electron chi connectivity index (χ2n) is 7.11. The number of rotatable bonds is 1. The summed E-state index contributed by atoms with van der Waals surface area (Å²) in [6, 6.07) is 2.09. The van der Waals surface area contributed by atoms with Crippen LogP contribution in [-0.4, -0.2) is 34.7 Å². The average Bonchev–Trinajstić information content (AvgIpc) is 2.78. The van der Waals surface area contributed by atoms with Gasteiger partial charge in [-0.15, -0.1) is 0 Å². The van der Waals surface area contributed by atoms with Crippen molar-refractivity contribution in [3.8, 4) is 0 Å². The van der Waals surface area contributed by atoms with Crippen LogP contribution < -0.4 is 0 Å². The minimum absolute atomic E-state index is 0.249. The number of benzene rings is 1. The molecule has 5 nitrogen and oxygen atoms in total. The number of hydrogen-bond donors (Lipinski definition) is 0. The lowest BCUT2D eigenvalue weighted by Crippen LogP contribution is -2.38. The number of fused-ring (bicyclic) bond motifs is 2. The van der Waals surface area contributed by atoms with E-state index in [1.807, 2.05) is 27.7 Å². The van der Waals surface area contributed by atoms with Gasteiger partial charge in [0.25, 0.3) is 0 Å². The first-order valence-electron chi connectivity index (χ1n) is 8.36. The first kappa shape index (κ1) is 17.3. The first-order valence-corrected chi connectivity index (χ1v) is 9.15. The van der Waals surface area contributed by atoms with Crippen LogP contribution in [0.1, 0.15) is 44.7 Å². The number of halogens is 1. The van der Waals surface area contributed by atoms with Crippen LogP contribution in [0.5, 0.6) is 0 Å². The zero-order chi connectivity index (χ0) is 17.5. The van der Waals surface area contributed by atoms with Crippen molar-refractivity contribution >= 4 is 33.1 Å². The molecule has 0 atom stereocenters. The normalized spacial score (nSPS) is 15.3. The number of oxazole rings is 1. The van der Waals surface area contributed by atoms with E-state index in [1.54, 1.807) is 4.90 Å². The number of nitrogens with zero attached hydrogens (tertiary/aromatic N) is 2. The number of aryl methyl sites for hydroxylation is 1. The highest BCUT2D eigenvalue weighted by molar-refractivity contribution is 9.10. The molecular weight excluding hydrogens is 372 g/mol. The van der Waals surface area contributed by atoms with E-state index in [1.165, 1.54) is 11.1 Å². The molecule has 0 spiro atoms. The molecule has 2 aromatic rings. The molecule has 0 bridgehead atoms. The molecule has 3 rings (SSSR count). The fraction of sp³-hybridized carbons (Fsp3) is 0.556. The summed E-state index contributed by atoms with van der Waals surface area (Å²) in [6.45, 7) is 8.99. The third-order valence-corrected chi connectivity index (χ3v) is 4.94. The Balaban J connectivity index is 1.86. The van der Waals surface area contributed by atoms with Gasteiger partial charge in [-0.2, -0.15) is 0 Å². The third-order valence-electron chi connectivity index (χ3n) is 4.10. The van der Waals surface area contributed by atoms with Crippen LogP contribution in [0.15, 0.2) is 15.0 Å². The van der Waals surface area contributed by atoms with Crippen molar-refractivity contribution in [2.75, 3.05) is 13.1 Å². The van der Waals surface area contributed by atoms with E-state index in [0.717, 1.165) is 40.7 Å². The summed E-state index contributed by atoms with van der Waals surface area (Å²) in [4.78, 5) is 18.6. The van der Waals surface area contributed by atoms with Crippen molar-refractivity contribution in [2.45, 2.75) is 52.6 Å². The Morgan fingerprint density at radius 1 is 1.38 bits per heavy atom. The molecule has 24 heavy (non-hydrogen) atoms. The average molecular weight is 395 g/mol. The van der Waals surface area contributed by atoms with Crippen LogP contribution in [0.2, 0.25) is 0 Å². The summed E-state index contributed by atoms with van der Waals surface area (Å²) < 4.78 is 12.3. The number of hydrogen-bond acceptors (Lipinski definition) is 4. The van der Waals surface area contributed by atoms with Gasteiger partial charge < -0.3 is 14.1 Å². The van der Waals surface area contributed by atoms with E-state index in [0.29, 0.717) is 13.1 Å². The smallest absolute Gasteiger partial charge is 0.410 e. The van der Waals surface area contributed by atoms with Crippen LogP contribution in [0.3, 0.4) is 0 Å².